The van der Waals surface area contributed by atoms with Gasteiger partial charge in [-0.1, -0.05) is 26.7 Å². The highest BCUT2D eigenvalue weighted by Crippen LogP contribution is 2.33. The Hall–Kier alpha value is -0.570. The number of carbonyl (C=O) groups excluding carboxylic acids is 1. The van der Waals surface area contributed by atoms with Crippen LogP contribution in [0.4, 0.5) is 0 Å². The molecule has 3 N–H and O–H groups in total. The minimum Gasteiger partial charge on any atom is -0.349 e. The number of nitrogens with one attached hydrogen (secondary N) is 1. The molecular formula is C12H24N2O. The monoisotopic (exact) mass is 212 g/mol. The van der Waals surface area contributed by atoms with E-state index in [2.05, 4.69) is 19.2 Å². The normalized spacial score (nSPS) is 20.1. The zero-order valence-electron chi connectivity index (χ0n) is 10.2. The molecular weight excluding hydrogens is 188 g/mol. The van der Waals surface area contributed by atoms with E-state index in [1.807, 2.05) is 6.92 Å². The van der Waals surface area contributed by atoms with Gasteiger partial charge >= 0.3 is 0 Å². The van der Waals surface area contributed by atoms with Gasteiger partial charge in [-0.15, -0.1) is 0 Å². The summed E-state index contributed by atoms with van der Waals surface area (Å²) in [4.78, 5) is 11.7. The van der Waals surface area contributed by atoms with E-state index in [9.17, 15) is 4.79 Å². The summed E-state index contributed by atoms with van der Waals surface area (Å²) in [6.45, 7) is 6.70. The lowest BCUT2D eigenvalue weighted by Gasteiger charge is -2.33. The molecule has 0 aromatic heterocycles. The zero-order chi connectivity index (χ0) is 11.5. The summed E-state index contributed by atoms with van der Waals surface area (Å²) in [7, 11) is 0. The van der Waals surface area contributed by atoms with Crippen molar-refractivity contribution in [3.05, 3.63) is 0 Å². The second-order valence-corrected chi connectivity index (χ2v) is 5.31. The van der Waals surface area contributed by atoms with Gasteiger partial charge in [0.2, 0.25) is 5.91 Å². The molecule has 1 aliphatic carbocycles. The predicted molar refractivity (Wildman–Crippen MR) is 62.4 cm³/mol. The summed E-state index contributed by atoms with van der Waals surface area (Å²) in [6, 6.07) is 0. The van der Waals surface area contributed by atoms with Crippen molar-refractivity contribution in [3.63, 3.8) is 0 Å². The molecule has 1 saturated carbocycles. The number of hydrogen-bond donors (Lipinski definition) is 2. The van der Waals surface area contributed by atoms with E-state index in [0.29, 0.717) is 18.9 Å². The SMILES string of the molecule is CC(C)C(C)(CN)NC(=O)CCC1CC1. The van der Waals surface area contributed by atoms with Crippen LogP contribution in [0.2, 0.25) is 0 Å². The minimum atomic E-state index is -0.249. The summed E-state index contributed by atoms with van der Waals surface area (Å²) >= 11 is 0. The fraction of sp³-hybridized carbons (Fsp3) is 0.917. The van der Waals surface area contributed by atoms with E-state index in [1.165, 1.54) is 12.8 Å². The fourth-order valence-corrected chi connectivity index (χ4v) is 1.55. The quantitative estimate of drug-likeness (QED) is 0.703. The third-order valence-electron chi connectivity index (χ3n) is 3.60. The topological polar surface area (TPSA) is 55.1 Å². The average Bonchev–Trinajstić information content (AvgIpc) is 2.97. The van der Waals surface area contributed by atoms with Gasteiger partial charge in [-0.3, -0.25) is 4.79 Å². The summed E-state index contributed by atoms with van der Waals surface area (Å²) in [5, 5.41) is 3.06. The molecule has 0 spiro atoms. The van der Waals surface area contributed by atoms with Gasteiger partial charge in [0.25, 0.3) is 0 Å². The first-order chi connectivity index (χ1) is 6.98. The maximum atomic E-state index is 11.7. The number of hydrogen-bond acceptors (Lipinski definition) is 2. The Kier molecular flexibility index (Phi) is 4.14. The highest BCUT2D eigenvalue weighted by atomic mass is 16.1. The number of carbonyl (C=O) groups is 1. The van der Waals surface area contributed by atoms with E-state index in [0.717, 1.165) is 12.3 Å². The maximum Gasteiger partial charge on any atom is 0.220 e. The highest BCUT2D eigenvalue weighted by molar-refractivity contribution is 5.76. The molecule has 3 nitrogen and oxygen atoms in total. The Balaban J connectivity index is 2.32. The van der Waals surface area contributed by atoms with Gasteiger partial charge < -0.3 is 11.1 Å². The molecule has 1 fully saturated rings. The fourth-order valence-electron chi connectivity index (χ4n) is 1.55. The molecule has 1 aliphatic rings. The Morgan fingerprint density at radius 2 is 2.13 bits per heavy atom. The Bertz CT molecular complexity index is 224. The van der Waals surface area contributed by atoms with Gasteiger partial charge in [-0.25, -0.2) is 0 Å². The predicted octanol–water partition coefficient (Wildman–Crippen LogP) is 1.67. The number of rotatable bonds is 6. The molecule has 1 rings (SSSR count). The first-order valence-corrected chi connectivity index (χ1v) is 5.99. The summed E-state index contributed by atoms with van der Waals surface area (Å²) in [6.07, 6.45) is 4.33. The van der Waals surface area contributed by atoms with Crippen LogP contribution >= 0.6 is 0 Å². The van der Waals surface area contributed by atoms with Crippen molar-refractivity contribution in [1.29, 1.82) is 0 Å². The second kappa shape index (κ2) is 4.97. The molecule has 0 aromatic carbocycles. The van der Waals surface area contributed by atoms with E-state index in [-0.39, 0.29) is 11.4 Å². The van der Waals surface area contributed by atoms with Crippen molar-refractivity contribution >= 4 is 5.91 Å². The summed E-state index contributed by atoms with van der Waals surface area (Å²) in [5.41, 5.74) is 5.46. The summed E-state index contributed by atoms with van der Waals surface area (Å²) < 4.78 is 0. The van der Waals surface area contributed by atoms with Gasteiger partial charge in [0.05, 0.1) is 5.54 Å². The van der Waals surface area contributed by atoms with Crippen LogP contribution in [0.15, 0.2) is 0 Å². The molecule has 0 saturated heterocycles. The largest absolute Gasteiger partial charge is 0.349 e. The van der Waals surface area contributed by atoms with Crippen molar-refractivity contribution in [1.82, 2.24) is 5.32 Å². The Morgan fingerprint density at radius 3 is 2.53 bits per heavy atom. The highest BCUT2D eigenvalue weighted by Gasteiger charge is 2.29. The Labute approximate surface area is 92.8 Å². The molecule has 0 radical (unpaired) electrons. The van der Waals surface area contributed by atoms with Gasteiger partial charge in [0, 0.05) is 13.0 Å². The van der Waals surface area contributed by atoms with E-state index < -0.39 is 0 Å². The molecule has 0 heterocycles. The minimum absolute atomic E-state index is 0.156. The molecule has 0 aromatic rings. The number of amides is 1. The summed E-state index contributed by atoms with van der Waals surface area (Å²) in [5.74, 6) is 1.34. The first kappa shape index (κ1) is 12.5. The van der Waals surface area contributed by atoms with Crippen LogP contribution in [0.25, 0.3) is 0 Å². The molecule has 1 atom stereocenters. The molecule has 1 unspecified atom stereocenters. The number of nitrogens with two attached hydrogens (primary N) is 1. The molecule has 1 amide bonds. The van der Waals surface area contributed by atoms with Crippen molar-refractivity contribution in [3.8, 4) is 0 Å². The molecule has 3 heteroatoms. The first-order valence-electron chi connectivity index (χ1n) is 5.99. The third-order valence-corrected chi connectivity index (χ3v) is 3.60. The Morgan fingerprint density at radius 1 is 1.53 bits per heavy atom. The van der Waals surface area contributed by atoms with E-state index in [1.54, 1.807) is 0 Å². The van der Waals surface area contributed by atoms with Crippen molar-refractivity contribution in [2.45, 2.75) is 52.0 Å². The van der Waals surface area contributed by atoms with Crippen LogP contribution in [-0.4, -0.2) is 18.0 Å². The molecule has 88 valence electrons. The van der Waals surface area contributed by atoms with Crippen LogP contribution in [-0.2, 0) is 4.79 Å². The van der Waals surface area contributed by atoms with Gasteiger partial charge in [0.15, 0.2) is 0 Å². The molecule has 15 heavy (non-hydrogen) atoms. The van der Waals surface area contributed by atoms with Crippen molar-refractivity contribution in [2.24, 2.45) is 17.6 Å². The van der Waals surface area contributed by atoms with Gasteiger partial charge in [-0.05, 0) is 25.2 Å². The van der Waals surface area contributed by atoms with Crippen LogP contribution in [0.1, 0.15) is 46.5 Å². The molecule has 0 aliphatic heterocycles. The van der Waals surface area contributed by atoms with Crippen molar-refractivity contribution in [2.75, 3.05) is 6.54 Å². The lowest BCUT2D eigenvalue weighted by atomic mass is 9.88. The maximum absolute atomic E-state index is 11.7. The second-order valence-electron chi connectivity index (χ2n) is 5.31. The zero-order valence-corrected chi connectivity index (χ0v) is 10.2. The van der Waals surface area contributed by atoms with Crippen LogP contribution in [0.5, 0.6) is 0 Å². The van der Waals surface area contributed by atoms with Crippen molar-refractivity contribution < 1.29 is 4.79 Å². The lowest BCUT2D eigenvalue weighted by Crippen LogP contribution is -2.54. The van der Waals surface area contributed by atoms with Crippen LogP contribution < -0.4 is 11.1 Å². The standard InChI is InChI=1S/C12H24N2O/c1-9(2)12(3,8-13)14-11(15)7-6-10-4-5-10/h9-10H,4-8,13H2,1-3H3,(H,14,15). The van der Waals surface area contributed by atoms with E-state index >= 15 is 0 Å². The average molecular weight is 212 g/mol. The van der Waals surface area contributed by atoms with Crippen LogP contribution in [0.3, 0.4) is 0 Å². The lowest BCUT2D eigenvalue weighted by molar-refractivity contribution is -0.123. The van der Waals surface area contributed by atoms with Crippen LogP contribution in [0, 0.1) is 11.8 Å². The third kappa shape index (κ3) is 3.82. The van der Waals surface area contributed by atoms with Gasteiger partial charge in [0.1, 0.15) is 0 Å². The molecule has 0 bridgehead atoms. The smallest absolute Gasteiger partial charge is 0.220 e. The van der Waals surface area contributed by atoms with Gasteiger partial charge in [-0.2, -0.15) is 0 Å². The van der Waals surface area contributed by atoms with E-state index in [4.69, 9.17) is 5.73 Å².